The van der Waals surface area contributed by atoms with Crippen molar-refractivity contribution >= 4 is 23.2 Å². The summed E-state index contributed by atoms with van der Waals surface area (Å²) in [6.07, 6.45) is 3.20. The van der Waals surface area contributed by atoms with E-state index in [4.69, 9.17) is 9.47 Å². The van der Waals surface area contributed by atoms with Gasteiger partial charge >= 0.3 is 0 Å². The first-order valence-corrected chi connectivity index (χ1v) is 10.3. The molecule has 2 saturated heterocycles. The van der Waals surface area contributed by atoms with Gasteiger partial charge in [-0.15, -0.1) is 0 Å². The molecule has 26 heavy (non-hydrogen) atoms. The van der Waals surface area contributed by atoms with Crippen molar-refractivity contribution in [3.05, 3.63) is 22.4 Å². The van der Waals surface area contributed by atoms with E-state index in [0.717, 1.165) is 31.4 Å². The Morgan fingerprint density at radius 3 is 2.85 bits per heavy atom. The fourth-order valence-corrected chi connectivity index (χ4v) is 4.40. The SMILES string of the molecule is COCCCN1CCOC2(CCN(C(=O)Cc3ccsc3)CC2)CC1=O. The molecule has 0 unspecified atom stereocenters. The van der Waals surface area contributed by atoms with E-state index in [2.05, 4.69) is 0 Å². The first-order valence-electron chi connectivity index (χ1n) is 9.31. The lowest BCUT2D eigenvalue weighted by molar-refractivity contribution is -0.140. The van der Waals surface area contributed by atoms with Gasteiger partial charge in [-0.3, -0.25) is 9.59 Å². The highest BCUT2D eigenvalue weighted by Crippen LogP contribution is 2.32. The molecule has 2 fully saturated rings. The number of ether oxygens (including phenoxy) is 2. The Morgan fingerprint density at radius 2 is 2.15 bits per heavy atom. The summed E-state index contributed by atoms with van der Waals surface area (Å²) in [6.45, 7) is 3.93. The zero-order chi connectivity index (χ0) is 18.4. The second kappa shape index (κ2) is 8.97. The predicted octanol–water partition coefficient (Wildman–Crippen LogP) is 1.94. The smallest absolute Gasteiger partial charge is 0.227 e. The highest BCUT2D eigenvalue weighted by atomic mass is 32.1. The first kappa shape index (κ1) is 19.3. The molecular formula is C19H28N2O4S. The Kier molecular flexibility index (Phi) is 6.67. The van der Waals surface area contributed by atoms with Crippen LogP contribution in [-0.4, -0.2) is 73.7 Å². The van der Waals surface area contributed by atoms with Gasteiger partial charge in [0, 0.05) is 39.9 Å². The molecule has 2 aliphatic heterocycles. The number of piperidine rings is 1. The van der Waals surface area contributed by atoms with Gasteiger partial charge in [-0.2, -0.15) is 11.3 Å². The Labute approximate surface area is 159 Å². The molecule has 0 radical (unpaired) electrons. The number of rotatable bonds is 6. The quantitative estimate of drug-likeness (QED) is 0.708. The van der Waals surface area contributed by atoms with Gasteiger partial charge in [0.25, 0.3) is 0 Å². The molecule has 1 aromatic rings. The highest BCUT2D eigenvalue weighted by molar-refractivity contribution is 7.08. The van der Waals surface area contributed by atoms with Crippen LogP contribution in [0.25, 0.3) is 0 Å². The number of hydrogen-bond donors (Lipinski definition) is 0. The molecule has 0 atom stereocenters. The van der Waals surface area contributed by atoms with E-state index < -0.39 is 5.60 Å². The van der Waals surface area contributed by atoms with Gasteiger partial charge in [-0.1, -0.05) is 0 Å². The van der Waals surface area contributed by atoms with Crippen LogP contribution in [0.4, 0.5) is 0 Å². The number of carbonyl (C=O) groups is 2. The van der Waals surface area contributed by atoms with Crippen LogP contribution < -0.4 is 0 Å². The average Bonchev–Trinajstić information content (AvgIpc) is 3.08. The fourth-order valence-electron chi connectivity index (χ4n) is 3.74. The molecular weight excluding hydrogens is 352 g/mol. The van der Waals surface area contributed by atoms with Crippen molar-refractivity contribution in [3.8, 4) is 0 Å². The molecule has 2 aliphatic rings. The highest BCUT2D eigenvalue weighted by Gasteiger charge is 2.41. The molecule has 6 nitrogen and oxygen atoms in total. The number of carbonyl (C=O) groups excluding carboxylic acids is 2. The maximum atomic E-state index is 12.6. The number of likely N-dealkylation sites (tertiary alicyclic amines) is 1. The molecule has 0 aromatic carbocycles. The first-order chi connectivity index (χ1) is 12.6. The summed E-state index contributed by atoms with van der Waals surface area (Å²) >= 11 is 1.61. The molecule has 3 rings (SSSR count). The zero-order valence-electron chi connectivity index (χ0n) is 15.4. The average molecular weight is 381 g/mol. The Morgan fingerprint density at radius 1 is 1.35 bits per heavy atom. The number of nitrogens with zero attached hydrogens (tertiary/aromatic N) is 2. The second-order valence-corrected chi connectivity index (χ2v) is 7.90. The third kappa shape index (κ3) is 4.84. The van der Waals surface area contributed by atoms with Crippen LogP contribution in [0, 0.1) is 0 Å². The van der Waals surface area contributed by atoms with Gasteiger partial charge in [-0.05, 0) is 41.7 Å². The molecule has 2 amide bonds. The number of hydrogen-bond acceptors (Lipinski definition) is 5. The van der Waals surface area contributed by atoms with Crippen molar-refractivity contribution in [1.29, 1.82) is 0 Å². The van der Waals surface area contributed by atoms with Gasteiger partial charge in [0.2, 0.25) is 11.8 Å². The molecule has 1 aromatic heterocycles. The molecule has 144 valence electrons. The van der Waals surface area contributed by atoms with Crippen LogP contribution in [0.1, 0.15) is 31.2 Å². The summed E-state index contributed by atoms with van der Waals surface area (Å²) in [7, 11) is 1.68. The third-order valence-electron chi connectivity index (χ3n) is 5.33. The summed E-state index contributed by atoms with van der Waals surface area (Å²) in [4.78, 5) is 28.9. The second-order valence-electron chi connectivity index (χ2n) is 7.12. The van der Waals surface area contributed by atoms with Crippen LogP contribution in [0.15, 0.2) is 16.8 Å². The van der Waals surface area contributed by atoms with E-state index in [1.807, 2.05) is 26.6 Å². The van der Waals surface area contributed by atoms with Crippen molar-refractivity contribution in [2.75, 3.05) is 46.5 Å². The molecule has 0 N–H and O–H groups in total. The van der Waals surface area contributed by atoms with E-state index >= 15 is 0 Å². The lowest BCUT2D eigenvalue weighted by Gasteiger charge is -2.40. The Balaban J connectivity index is 1.51. The maximum Gasteiger partial charge on any atom is 0.227 e. The summed E-state index contributed by atoms with van der Waals surface area (Å²) in [5.41, 5.74) is 0.680. The van der Waals surface area contributed by atoms with E-state index in [9.17, 15) is 9.59 Å². The molecule has 0 saturated carbocycles. The zero-order valence-corrected chi connectivity index (χ0v) is 16.3. The molecule has 0 bridgehead atoms. The molecule has 0 aliphatic carbocycles. The Hall–Kier alpha value is -1.44. The number of methoxy groups -OCH3 is 1. The summed E-state index contributed by atoms with van der Waals surface area (Å²) in [5.74, 6) is 0.330. The normalized spacial score (nSPS) is 20.4. The monoisotopic (exact) mass is 380 g/mol. The van der Waals surface area contributed by atoms with Gasteiger partial charge in [0.05, 0.1) is 25.0 Å². The van der Waals surface area contributed by atoms with Crippen LogP contribution >= 0.6 is 11.3 Å². The van der Waals surface area contributed by atoms with E-state index in [-0.39, 0.29) is 11.8 Å². The van der Waals surface area contributed by atoms with Crippen LogP contribution in [0.5, 0.6) is 0 Å². The molecule has 1 spiro atoms. The summed E-state index contributed by atoms with van der Waals surface area (Å²) in [6, 6.07) is 2.00. The van der Waals surface area contributed by atoms with Gasteiger partial charge in [0.1, 0.15) is 0 Å². The van der Waals surface area contributed by atoms with Gasteiger partial charge < -0.3 is 19.3 Å². The van der Waals surface area contributed by atoms with Gasteiger partial charge in [0.15, 0.2) is 0 Å². The molecule has 3 heterocycles. The van der Waals surface area contributed by atoms with E-state index in [0.29, 0.717) is 45.7 Å². The number of amides is 2. The predicted molar refractivity (Wildman–Crippen MR) is 100 cm³/mol. The number of thiophene rings is 1. The molecule has 7 heteroatoms. The minimum atomic E-state index is -0.397. The topological polar surface area (TPSA) is 59.1 Å². The fraction of sp³-hybridized carbons (Fsp3) is 0.684. The van der Waals surface area contributed by atoms with E-state index in [1.165, 1.54) is 0 Å². The van der Waals surface area contributed by atoms with Crippen molar-refractivity contribution in [2.24, 2.45) is 0 Å². The van der Waals surface area contributed by atoms with Crippen molar-refractivity contribution in [2.45, 2.75) is 37.7 Å². The summed E-state index contributed by atoms with van der Waals surface area (Å²) in [5, 5.41) is 4.02. The van der Waals surface area contributed by atoms with Crippen LogP contribution in [0.3, 0.4) is 0 Å². The van der Waals surface area contributed by atoms with Crippen molar-refractivity contribution < 1.29 is 19.1 Å². The largest absolute Gasteiger partial charge is 0.385 e. The third-order valence-corrected chi connectivity index (χ3v) is 6.07. The summed E-state index contributed by atoms with van der Waals surface area (Å²) < 4.78 is 11.2. The van der Waals surface area contributed by atoms with Crippen LogP contribution in [-0.2, 0) is 25.5 Å². The maximum absolute atomic E-state index is 12.6. The van der Waals surface area contributed by atoms with Crippen LogP contribution in [0.2, 0.25) is 0 Å². The van der Waals surface area contributed by atoms with Crippen molar-refractivity contribution in [1.82, 2.24) is 9.80 Å². The Bertz CT molecular complexity index is 597. The van der Waals surface area contributed by atoms with Gasteiger partial charge in [-0.25, -0.2) is 0 Å². The van der Waals surface area contributed by atoms with Crippen molar-refractivity contribution in [3.63, 3.8) is 0 Å². The lowest BCUT2D eigenvalue weighted by atomic mass is 9.87. The minimum Gasteiger partial charge on any atom is -0.385 e. The van der Waals surface area contributed by atoms with E-state index in [1.54, 1.807) is 18.4 Å². The minimum absolute atomic E-state index is 0.164. The standard InChI is InChI=1S/C19H28N2O4S/c1-24-10-2-6-20-9-11-25-19(14-18(20)23)4-7-21(8-5-19)17(22)13-16-3-12-26-15-16/h3,12,15H,2,4-11,13-14H2,1H3. The lowest BCUT2D eigenvalue weighted by Crippen LogP contribution is -2.49.